The summed E-state index contributed by atoms with van der Waals surface area (Å²) in [5.74, 6) is -0.741. The molecular weight excluding hydrogens is 461 g/mol. The number of alkyl halides is 3. The summed E-state index contributed by atoms with van der Waals surface area (Å²) in [7, 11) is -3.96. The van der Waals surface area contributed by atoms with Gasteiger partial charge >= 0.3 is 6.18 Å². The van der Waals surface area contributed by atoms with Gasteiger partial charge in [0, 0.05) is 24.1 Å². The quantitative estimate of drug-likeness (QED) is 0.427. The molecule has 0 atom stereocenters. The predicted octanol–water partition coefficient (Wildman–Crippen LogP) is 2.99. The Kier molecular flexibility index (Phi) is 5.68. The first kappa shape index (κ1) is 22.5. The number of amides is 1. The zero-order chi connectivity index (χ0) is 23.8. The molecule has 13 heteroatoms. The van der Waals surface area contributed by atoms with E-state index in [2.05, 4.69) is 25.9 Å². The third-order valence-electron chi connectivity index (χ3n) is 4.77. The maximum Gasteiger partial charge on any atom is 0.421 e. The van der Waals surface area contributed by atoms with Crippen LogP contribution in [0.2, 0.25) is 0 Å². The predicted molar refractivity (Wildman–Crippen MR) is 114 cm³/mol. The highest BCUT2D eigenvalue weighted by Crippen LogP contribution is 2.35. The normalized spacial score (nSPS) is 13.4. The number of benzene rings is 2. The Labute approximate surface area is 186 Å². The maximum atomic E-state index is 13.5. The van der Waals surface area contributed by atoms with Gasteiger partial charge in [-0.15, -0.1) is 0 Å². The number of nitrogens with two attached hydrogens (primary N) is 1. The molecule has 0 saturated heterocycles. The van der Waals surface area contributed by atoms with E-state index in [4.69, 9.17) is 5.14 Å². The number of aromatic nitrogens is 2. The van der Waals surface area contributed by atoms with Gasteiger partial charge in [0.1, 0.15) is 11.4 Å². The number of fused-ring (bicyclic) bond motifs is 1. The Balaban J connectivity index is 1.58. The average molecular weight is 478 g/mol. The molecule has 33 heavy (non-hydrogen) atoms. The Morgan fingerprint density at radius 1 is 1.15 bits per heavy atom. The van der Waals surface area contributed by atoms with E-state index in [-0.39, 0.29) is 29.7 Å². The molecule has 1 aliphatic heterocycles. The molecular formula is C20H17F3N6O3S. The molecule has 0 saturated carbocycles. The summed E-state index contributed by atoms with van der Waals surface area (Å²) >= 11 is 0. The number of halogens is 3. The zero-order valence-corrected chi connectivity index (χ0v) is 17.6. The van der Waals surface area contributed by atoms with Crippen LogP contribution < -0.4 is 21.1 Å². The maximum absolute atomic E-state index is 13.5. The molecule has 0 aliphatic carbocycles. The number of carbonyl (C=O) groups is 1. The van der Waals surface area contributed by atoms with E-state index in [1.165, 1.54) is 24.3 Å². The lowest BCUT2D eigenvalue weighted by Crippen LogP contribution is -2.15. The second-order valence-corrected chi connectivity index (χ2v) is 8.78. The number of hydrogen-bond donors (Lipinski definition) is 4. The summed E-state index contributed by atoms with van der Waals surface area (Å²) in [5.41, 5.74) is 1.18. The summed E-state index contributed by atoms with van der Waals surface area (Å²) in [6.45, 7) is -0.145. The minimum absolute atomic E-state index is 0.104. The van der Waals surface area contributed by atoms with Gasteiger partial charge in [0.2, 0.25) is 21.9 Å². The SMILES string of the molecule is NS(=O)(=O)c1cccc(CNc2nc(Nc3ccc4c(c3)NC(=O)C4)ncc2C(F)(F)F)c1. The van der Waals surface area contributed by atoms with Crippen molar-refractivity contribution in [2.45, 2.75) is 24.0 Å². The summed E-state index contributed by atoms with van der Waals surface area (Å²) in [6, 6.07) is 10.5. The summed E-state index contributed by atoms with van der Waals surface area (Å²) in [5, 5.41) is 13.2. The van der Waals surface area contributed by atoms with Crippen molar-refractivity contribution in [3.05, 3.63) is 65.4 Å². The van der Waals surface area contributed by atoms with Crippen LogP contribution in [0.15, 0.2) is 53.6 Å². The molecule has 0 spiro atoms. The standard InChI is InChI=1S/C20H17F3N6O3S/c21-20(22,23)15-10-26-19(27-13-5-4-12-7-17(30)28-16(12)8-13)29-18(15)25-9-11-2-1-3-14(6-11)33(24,31)32/h1-6,8,10H,7,9H2,(H,28,30)(H2,24,31,32)(H2,25,26,27,29). The molecule has 2 heterocycles. The minimum atomic E-state index is -4.72. The third-order valence-corrected chi connectivity index (χ3v) is 5.68. The lowest BCUT2D eigenvalue weighted by molar-refractivity contribution is -0.137. The fourth-order valence-electron chi connectivity index (χ4n) is 3.22. The second-order valence-electron chi connectivity index (χ2n) is 7.22. The van der Waals surface area contributed by atoms with E-state index in [0.717, 1.165) is 5.56 Å². The van der Waals surface area contributed by atoms with Crippen LogP contribution in [0.3, 0.4) is 0 Å². The molecule has 0 unspecified atom stereocenters. The van der Waals surface area contributed by atoms with Gasteiger partial charge < -0.3 is 16.0 Å². The van der Waals surface area contributed by atoms with E-state index >= 15 is 0 Å². The number of rotatable bonds is 6. The smallest absolute Gasteiger partial charge is 0.365 e. The number of nitrogens with one attached hydrogen (secondary N) is 3. The van der Waals surface area contributed by atoms with E-state index in [1.54, 1.807) is 18.2 Å². The van der Waals surface area contributed by atoms with Crippen molar-refractivity contribution >= 4 is 39.1 Å². The molecule has 1 amide bonds. The molecule has 5 N–H and O–H groups in total. The fourth-order valence-corrected chi connectivity index (χ4v) is 3.81. The van der Waals surface area contributed by atoms with E-state index in [0.29, 0.717) is 23.1 Å². The van der Waals surface area contributed by atoms with Gasteiger partial charge in [0.15, 0.2) is 0 Å². The topological polar surface area (TPSA) is 139 Å². The highest BCUT2D eigenvalue weighted by molar-refractivity contribution is 7.89. The third kappa shape index (κ3) is 5.21. The van der Waals surface area contributed by atoms with Crippen molar-refractivity contribution in [1.29, 1.82) is 0 Å². The van der Waals surface area contributed by atoms with E-state index in [1.807, 2.05) is 0 Å². The van der Waals surface area contributed by atoms with Gasteiger partial charge in [-0.3, -0.25) is 4.79 Å². The summed E-state index contributed by atoms with van der Waals surface area (Å²) in [6.07, 6.45) is -3.82. The second kappa shape index (κ2) is 8.33. The number of primary sulfonamides is 1. The lowest BCUT2D eigenvalue weighted by atomic mass is 10.1. The van der Waals surface area contributed by atoms with Crippen LogP contribution in [0.1, 0.15) is 16.7 Å². The molecule has 1 aromatic heterocycles. The molecule has 172 valence electrons. The monoisotopic (exact) mass is 478 g/mol. The minimum Gasteiger partial charge on any atom is -0.365 e. The Bertz CT molecular complexity index is 1350. The van der Waals surface area contributed by atoms with Crippen molar-refractivity contribution < 1.29 is 26.4 Å². The molecule has 2 aromatic carbocycles. The van der Waals surface area contributed by atoms with Crippen LogP contribution in [-0.2, 0) is 34.0 Å². The summed E-state index contributed by atoms with van der Waals surface area (Å²) in [4.78, 5) is 19.0. The van der Waals surface area contributed by atoms with Crippen molar-refractivity contribution in [3.63, 3.8) is 0 Å². The highest BCUT2D eigenvalue weighted by atomic mass is 32.2. The number of nitrogens with zero attached hydrogens (tertiary/aromatic N) is 2. The van der Waals surface area contributed by atoms with E-state index < -0.39 is 27.6 Å². The van der Waals surface area contributed by atoms with Gasteiger partial charge in [0.25, 0.3) is 0 Å². The van der Waals surface area contributed by atoms with Crippen molar-refractivity contribution in [2.75, 3.05) is 16.0 Å². The van der Waals surface area contributed by atoms with Crippen LogP contribution in [-0.4, -0.2) is 24.3 Å². The largest absolute Gasteiger partial charge is 0.421 e. The lowest BCUT2D eigenvalue weighted by Gasteiger charge is -2.15. The number of carbonyl (C=O) groups excluding carboxylic acids is 1. The number of sulfonamides is 1. The van der Waals surface area contributed by atoms with Crippen molar-refractivity contribution in [1.82, 2.24) is 9.97 Å². The Morgan fingerprint density at radius 3 is 2.67 bits per heavy atom. The van der Waals surface area contributed by atoms with E-state index in [9.17, 15) is 26.4 Å². The molecule has 1 aliphatic rings. The van der Waals surface area contributed by atoms with Crippen LogP contribution in [0.25, 0.3) is 0 Å². The van der Waals surface area contributed by atoms with Crippen molar-refractivity contribution in [2.24, 2.45) is 5.14 Å². The number of hydrogen-bond acceptors (Lipinski definition) is 7. The average Bonchev–Trinajstić information content (AvgIpc) is 3.10. The molecule has 9 nitrogen and oxygen atoms in total. The van der Waals surface area contributed by atoms with Crippen molar-refractivity contribution in [3.8, 4) is 0 Å². The molecule has 3 aromatic rings. The van der Waals surface area contributed by atoms with Crippen LogP contribution in [0, 0.1) is 0 Å². The summed E-state index contributed by atoms with van der Waals surface area (Å²) < 4.78 is 63.4. The van der Waals surface area contributed by atoms with Gasteiger partial charge in [-0.1, -0.05) is 18.2 Å². The first-order chi connectivity index (χ1) is 15.5. The van der Waals surface area contributed by atoms with Gasteiger partial charge in [-0.25, -0.2) is 18.5 Å². The Hall–Kier alpha value is -3.71. The molecule has 0 radical (unpaired) electrons. The molecule has 0 fully saturated rings. The van der Waals surface area contributed by atoms with Crippen LogP contribution in [0.4, 0.5) is 36.3 Å². The highest BCUT2D eigenvalue weighted by Gasteiger charge is 2.35. The molecule has 0 bridgehead atoms. The van der Waals surface area contributed by atoms with Crippen LogP contribution >= 0.6 is 0 Å². The fraction of sp³-hybridized carbons (Fsp3) is 0.150. The molecule has 4 rings (SSSR count). The first-order valence-corrected chi connectivity index (χ1v) is 11.0. The van der Waals surface area contributed by atoms with Crippen LogP contribution in [0.5, 0.6) is 0 Å². The van der Waals surface area contributed by atoms with Gasteiger partial charge in [-0.2, -0.15) is 18.2 Å². The van der Waals surface area contributed by atoms with Gasteiger partial charge in [0.05, 0.1) is 11.3 Å². The Morgan fingerprint density at radius 2 is 1.94 bits per heavy atom. The zero-order valence-electron chi connectivity index (χ0n) is 16.8. The first-order valence-electron chi connectivity index (χ1n) is 9.49. The number of anilines is 4. The van der Waals surface area contributed by atoms with Gasteiger partial charge in [-0.05, 0) is 35.4 Å².